The number of rotatable bonds is 0. The molecule has 3 atom stereocenters. The maximum Gasteiger partial charge on any atom is 0.282 e. The Labute approximate surface area is 169 Å². The molecule has 0 saturated heterocycles. The van der Waals surface area contributed by atoms with Crippen molar-refractivity contribution in [3.63, 3.8) is 0 Å². The number of hydrogen-bond donors (Lipinski definition) is 2. The third-order valence-electron chi connectivity index (χ3n) is 5.89. The van der Waals surface area contributed by atoms with Gasteiger partial charge in [-0.25, -0.2) is 0 Å². The molecule has 14 heteroatoms. The summed E-state index contributed by atoms with van der Waals surface area (Å²) in [5.74, 6) is -1.07. The van der Waals surface area contributed by atoms with E-state index >= 15 is 0 Å². The second-order valence-corrected chi connectivity index (χ2v) is 7.49. The molecule has 2 aliphatic rings. The van der Waals surface area contributed by atoms with E-state index in [0.29, 0.717) is 0 Å². The molecule has 26 heavy (non-hydrogen) atoms. The largest absolute Gasteiger partial charge is 0.386 e. The summed E-state index contributed by atoms with van der Waals surface area (Å²) in [4.78, 5) is 13.1. The molecule has 3 nitrogen and oxygen atoms in total. The van der Waals surface area contributed by atoms with Crippen molar-refractivity contribution in [2.75, 3.05) is 0 Å². The molecular weight excluding hydrogens is 334 g/mol. The van der Waals surface area contributed by atoms with Crippen molar-refractivity contribution >= 4 is 121 Å². The molecule has 1 heterocycles. The van der Waals surface area contributed by atoms with E-state index in [2.05, 4.69) is 0 Å². The van der Waals surface area contributed by atoms with Gasteiger partial charge in [0.25, 0.3) is 6.13 Å². The number of ketones is 1. The number of nitrogens with two attached hydrogens (primary N) is 1. The minimum atomic E-state index is -2.36. The van der Waals surface area contributed by atoms with Crippen LogP contribution in [0.5, 0.6) is 0 Å². The number of halogens is 1. The monoisotopic (exact) mass is 339 g/mol. The van der Waals surface area contributed by atoms with Crippen molar-refractivity contribution in [2.45, 2.75) is 27.3 Å². The molecule has 0 aromatic heterocycles. The standard InChI is InChI=1S/C12H4B10ClNO2/c13-2-1-6(5(16)4(15)3(2)14)22(23)12(21)9(1,24)7(25)8(26)10(17,18)11(12,19)20/h8,26H,24H2. The molecule has 3 N–H and O–H groups in total. The molecule has 106 valence electrons. The first kappa shape index (κ1) is 20.5. The van der Waals surface area contributed by atoms with Gasteiger partial charge in [-0.1, -0.05) is 16.1 Å². The van der Waals surface area contributed by atoms with Gasteiger partial charge in [0.1, 0.15) is 37.5 Å². The summed E-state index contributed by atoms with van der Waals surface area (Å²) in [5.41, 5.74) is 3.59. The minimum Gasteiger partial charge on any atom is -0.386 e. The summed E-state index contributed by atoms with van der Waals surface area (Å²) in [6.45, 7) is 0. The van der Waals surface area contributed by atoms with Crippen LogP contribution in [0.4, 0.5) is 0 Å². The van der Waals surface area contributed by atoms with Gasteiger partial charge in [-0.3, -0.25) is 4.79 Å². The van der Waals surface area contributed by atoms with Gasteiger partial charge in [-0.05, 0) is 10.8 Å². The highest BCUT2D eigenvalue weighted by Crippen LogP contribution is 2.72. The molecule has 1 aliphatic heterocycles. The van der Waals surface area contributed by atoms with Gasteiger partial charge in [0.15, 0.2) is 5.78 Å². The number of fused-ring (bicyclic) bond motifs is 3. The Morgan fingerprint density at radius 2 is 1.42 bits per heavy atom. The lowest BCUT2D eigenvalue weighted by Crippen LogP contribution is -2.72. The van der Waals surface area contributed by atoms with E-state index in [1.807, 2.05) is 0 Å². The topological polar surface area (TPSA) is 63.3 Å². The molecule has 1 aliphatic carbocycles. The van der Waals surface area contributed by atoms with Crippen LogP contribution in [0.3, 0.4) is 0 Å². The lowest BCUT2D eigenvalue weighted by molar-refractivity contribution is -0.138. The van der Waals surface area contributed by atoms with Gasteiger partial charge < -0.3 is 10.8 Å². The lowest BCUT2D eigenvalue weighted by atomic mass is 9.10. The van der Waals surface area contributed by atoms with E-state index in [0.717, 1.165) is 0 Å². The molecule has 1 fully saturated rings. The minimum absolute atomic E-state index is 0.0411. The van der Waals surface area contributed by atoms with Crippen LogP contribution in [-0.4, -0.2) is 93.7 Å². The zero-order valence-corrected chi connectivity index (χ0v) is 14.4. The van der Waals surface area contributed by atoms with E-state index in [-0.39, 0.29) is 32.9 Å². The molecule has 0 bridgehead atoms. The van der Waals surface area contributed by atoms with E-state index in [4.69, 9.17) is 87.8 Å². The van der Waals surface area contributed by atoms with Crippen molar-refractivity contribution in [1.29, 1.82) is 0 Å². The summed E-state index contributed by atoms with van der Waals surface area (Å²) in [7, 11) is 54.3. The average molecular weight is 338 g/mol. The fourth-order valence-electron chi connectivity index (χ4n) is 4.05. The Morgan fingerprint density at radius 3 is 1.92 bits per heavy atom. The Balaban J connectivity index is 2.53. The van der Waals surface area contributed by atoms with Crippen molar-refractivity contribution in [1.82, 2.24) is 0 Å². The summed E-state index contributed by atoms with van der Waals surface area (Å²) in [5, 5.41) is 3.51. The molecule has 1 saturated carbocycles. The number of Topliss-reactive ketones (excluding diaryl/α,β-unsaturated/α-hetero) is 1. The van der Waals surface area contributed by atoms with E-state index in [1.54, 1.807) is 0 Å². The van der Waals surface area contributed by atoms with Crippen LogP contribution in [0.1, 0.15) is 5.56 Å². The average Bonchev–Trinajstić information content (AvgIpc) is 2.76. The summed E-state index contributed by atoms with van der Waals surface area (Å²) >= 11 is 6.53. The fourth-order valence-corrected chi connectivity index (χ4v) is 4.63. The van der Waals surface area contributed by atoms with Gasteiger partial charge in [0.05, 0.1) is 44.8 Å². The number of benzene rings is 1. The molecule has 1 aromatic carbocycles. The van der Waals surface area contributed by atoms with Crippen molar-refractivity contribution in [3.8, 4) is 0 Å². The number of carbonyl (C=O) groups excluding carboxylic acids is 1. The quantitative estimate of drug-likeness (QED) is 0.463. The molecule has 18 radical (unpaired) electrons. The van der Waals surface area contributed by atoms with Gasteiger partial charge in [-0.2, -0.15) is 11.5 Å². The Kier molecular flexibility index (Phi) is 4.27. The van der Waals surface area contributed by atoms with E-state index in [9.17, 15) is 9.90 Å². The SMILES string of the molecule is [B]c1c([B])c([B])c2c(c1[B])B(Cl)C1([B])C2(N)C(=O)C(O)C([B])([B])C1([B])[B]. The third kappa shape index (κ3) is 1.79. The zero-order chi connectivity index (χ0) is 20.2. The van der Waals surface area contributed by atoms with Crippen molar-refractivity contribution in [3.05, 3.63) is 5.56 Å². The van der Waals surface area contributed by atoms with Crippen LogP contribution in [0, 0.1) is 0 Å². The number of hydrogen-bond acceptors (Lipinski definition) is 3. The number of aliphatic hydroxyl groups is 1. The second kappa shape index (κ2) is 5.42. The van der Waals surface area contributed by atoms with Crippen LogP contribution >= 0.6 is 11.5 Å². The third-order valence-corrected chi connectivity index (χ3v) is 6.45. The summed E-state index contributed by atoms with van der Waals surface area (Å²) in [6.07, 6.45) is -3.45. The molecule has 1 aromatic rings. The molecule has 0 amide bonds. The maximum absolute atomic E-state index is 13.1. The maximum atomic E-state index is 13.1. The fraction of sp³-hybridized carbons (Fsp3) is 0.417. The molecule has 3 unspecified atom stereocenters. The van der Waals surface area contributed by atoms with Crippen LogP contribution in [0.15, 0.2) is 0 Å². The Bertz CT molecular complexity index is 863. The smallest absolute Gasteiger partial charge is 0.282 e. The summed E-state index contributed by atoms with van der Waals surface area (Å²) < 4.78 is 0. The van der Waals surface area contributed by atoms with E-state index < -0.39 is 39.2 Å². The molecule has 3 rings (SSSR count). The number of aliphatic hydroxyl groups excluding tert-OH is 1. The van der Waals surface area contributed by atoms with Gasteiger partial charge in [0, 0.05) is 0 Å². The first-order valence-electron chi connectivity index (χ1n) is 7.47. The van der Waals surface area contributed by atoms with Crippen LogP contribution < -0.4 is 33.0 Å². The van der Waals surface area contributed by atoms with E-state index in [1.165, 1.54) is 0 Å². The van der Waals surface area contributed by atoms with Gasteiger partial charge in [0.2, 0.25) is 0 Å². The highest BCUT2D eigenvalue weighted by Gasteiger charge is 2.75. The predicted octanol–water partition coefficient (Wildman–Crippen LogP) is -6.82. The Morgan fingerprint density at radius 1 is 0.962 bits per heavy atom. The highest BCUT2D eigenvalue weighted by atomic mass is 35.5. The lowest BCUT2D eigenvalue weighted by Gasteiger charge is -2.66. The van der Waals surface area contributed by atoms with Crippen molar-refractivity contribution in [2.24, 2.45) is 5.73 Å². The molecule has 0 spiro atoms. The predicted molar refractivity (Wildman–Crippen MR) is 113 cm³/mol. The molecular formula is C12H4B10ClNO2. The second-order valence-electron chi connectivity index (χ2n) is 7.05. The van der Waals surface area contributed by atoms with Gasteiger partial charge in [-0.15, -0.1) is 21.6 Å². The summed E-state index contributed by atoms with van der Waals surface area (Å²) in [6, 6.07) is 0. The zero-order valence-electron chi connectivity index (χ0n) is 13.7. The Hall–Kier alpha value is -0.251. The van der Waals surface area contributed by atoms with Crippen LogP contribution in [0.25, 0.3) is 0 Å². The van der Waals surface area contributed by atoms with Crippen molar-refractivity contribution < 1.29 is 9.90 Å². The van der Waals surface area contributed by atoms with Crippen LogP contribution in [0.2, 0.25) is 15.6 Å². The first-order valence-corrected chi connectivity index (χ1v) is 7.91. The first-order chi connectivity index (χ1) is 11.6. The van der Waals surface area contributed by atoms with Crippen LogP contribution in [-0.2, 0) is 10.3 Å². The van der Waals surface area contributed by atoms with Gasteiger partial charge >= 0.3 is 0 Å². The number of carbonyl (C=O) groups is 1. The highest BCUT2D eigenvalue weighted by molar-refractivity contribution is 7.21. The normalized spacial score (nSPS) is 34.3.